The first-order valence-corrected chi connectivity index (χ1v) is 21.1. The maximum Gasteiger partial charge on any atom is 0.181 e. The molecular weight excluding hydrogens is 720 g/mol. The summed E-state index contributed by atoms with van der Waals surface area (Å²) in [7, 11) is -7.69. The second-order valence-electron chi connectivity index (χ2n) is 9.80. The Bertz CT molecular complexity index is 1300. The topological polar surface area (TPSA) is 68.3 Å². The fourth-order valence-electron chi connectivity index (χ4n) is 4.51. The Kier molecular flexibility index (Phi) is 13.7. The second-order valence-corrected chi connectivity index (χ2v) is 19.8. The zero-order valence-electron chi connectivity index (χ0n) is 22.6. The van der Waals surface area contributed by atoms with Crippen molar-refractivity contribution in [2.45, 2.75) is 101 Å². The quantitative estimate of drug-likeness (QED) is 0.121. The number of sulfone groups is 2. The lowest BCUT2D eigenvalue weighted by Crippen LogP contribution is -2.15. The summed E-state index contributed by atoms with van der Waals surface area (Å²) in [5.74, 6) is -0.0783. The fraction of sp³-hybridized carbons (Fsp3) is 0.571. The Hall–Kier alpha value is -0.0400. The van der Waals surface area contributed by atoms with Gasteiger partial charge in [-0.25, -0.2) is 16.8 Å². The lowest BCUT2D eigenvalue weighted by molar-refractivity contribution is 0.573. The molecule has 3 heterocycles. The third-order valence-electron chi connectivity index (χ3n) is 6.57. The van der Waals surface area contributed by atoms with Crippen molar-refractivity contribution in [1.29, 1.82) is 0 Å². The highest BCUT2D eigenvalue weighted by molar-refractivity contribution is 9.11. The second kappa shape index (κ2) is 16.0. The zero-order chi connectivity index (χ0) is 28.5. The Balaban J connectivity index is 2.07. The number of hydrogen-bond donors (Lipinski definition) is 0. The molecule has 0 aliphatic heterocycles. The smallest absolute Gasteiger partial charge is 0.181 e. The van der Waals surface area contributed by atoms with Crippen LogP contribution in [-0.4, -0.2) is 28.3 Å². The molecule has 0 bridgehead atoms. The van der Waals surface area contributed by atoms with Crippen molar-refractivity contribution in [2.24, 2.45) is 0 Å². The van der Waals surface area contributed by atoms with Crippen LogP contribution in [0.4, 0.5) is 0 Å². The molecule has 0 spiro atoms. The van der Waals surface area contributed by atoms with Crippen molar-refractivity contribution < 1.29 is 16.8 Å². The third kappa shape index (κ3) is 9.48. The Labute approximate surface area is 263 Å². The van der Waals surface area contributed by atoms with Crippen LogP contribution in [0.15, 0.2) is 41.6 Å². The van der Waals surface area contributed by atoms with Gasteiger partial charge < -0.3 is 0 Å². The number of halogens is 2. The van der Waals surface area contributed by atoms with Crippen molar-refractivity contribution >= 4 is 85.5 Å². The molecule has 11 heteroatoms. The van der Waals surface area contributed by atoms with Gasteiger partial charge in [0.2, 0.25) is 0 Å². The minimum atomic E-state index is -3.84. The van der Waals surface area contributed by atoms with Crippen LogP contribution < -0.4 is 0 Å². The lowest BCUT2D eigenvalue weighted by atomic mass is 10.1. The van der Waals surface area contributed by atoms with Gasteiger partial charge >= 0.3 is 0 Å². The highest BCUT2D eigenvalue weighted by Crippen LogP contribution is 2.51. The Morgan fingerprint density at radius 3 is 1.23 bits per heavy atom. The van der Waals surface area contributed by atoms with Gasteiger partial charge in [0, 0.05) is 9.75 Å². The van der Waals surface area contributed by atoms with Crippen LogP contribution in [0.3, 0.4) is 0 Å². The van der Waals surface area contributed by atoms with E-state index in [9.17, 15) is 16.8 Å². The SMILES string of the molecule is CCCCCCCCS(=O)(=O)c1c(-c2ccc(Br)s2)sc(-c2ccc(Br)s2)c1S(=O)(=O)CCCCCCCC. The van der Waals surface area contributed by atoms with Gasteiger partial charge in [-0.05, 0) is 69.0 Å². The molecule has 0 radical (unpaired) electrons. The van der Waals surface area contributed by atoms with Crippen LogP contribution >= 0.6 is 65.9 Å². The molecule has 0 unspecified atom stereocenters. The van der Waals surface area contributed by atoms with E-state index in [1.807, 2.05) is 24.3 Å². The molecule has 0 N–H and O–H groups in total. The first-order valence-electron chi connectivity index (χ1n) is 13.7. The predicted octanol–water partition coefficient (Wildman–Crippen LogP) is 11.0. The van der Waals surface area contributed by atoms with Gasteiger partial charge in [0.15, 0.2) is 19.7 Å². The average Bonchev–Trinajstić information content (AvgIpc) is 3.61. The maximum absolute atomic E-state index is 14.0. The van der Waals surface area contributed by atoms with E-state index < -0.39 is 19.7 Å². The standard InChI is InChI=1S/C28H38Br2O4S5/c1-3-5-7-9-11-13-19-38(31,32)27-25(21-15-17-23(29)35-21)37-26(22-16-18-24(30)36-22)28(27)39(33,34)20-14-12-10-8-6-4-2/h15-18H,3-14,19-20H2,1-2H3. The van der Waals surface area contributed by atoms with E-state index in [1.54, 1.807) is 0 Å². The highest BCUT2D eigenvalue weighted by Gasteiger charge is 2.36. The van der Waals surface area contributed by atoms with Crippen molar-refractivity contribution in [3.05, 3.63) is 31.8 Å². The van der Waals surface area contributed by atoms with Crippen molar-refractivity contribution in [3.63, 3.8) is 0 Å². The Morgan fingerprint density at radius 1 is 0.538 bits per heavy atom. The maximum atomic E-state index is 14.0. The van der Waals surface area contributed by atoms with E-state index in [0.29, 0.717) is 22.6 Å². The average molecular weight is 759 g/mol. The van der Waals surface area contributed by atoms with E-state index >= 15 is 0 Å². The van der Waals surface area contributed by atoms with E-state index in [4.69, 9.17) is 0 Å². The van der Waals surface area contributed by atoms with Crippen LogP contribution in [-0.2, 0) is 19.7 Å². The van der Waals surface area contributed by atoms with Gasteiger partial charge in [-0.2, -0.15) is 0 Å². The van der Waals surface area contributed by atoms with Crippen LogP contribution in [0.5, 0.6) is 0 Å². The lowest BCUT2D eigenvalue weighted by Gasteiger charge is -2.11. The summed E-state index contributed by atoms with van der Waals surface area (Å²) in [6.45, 7) is 4.31. The first-order chi connectivity index (χ1) is 18.6. The molecule has 218 valence electrons. The minimum absolute atomic E-state index is 0.0147. The molecule has 0 saturated carbocycles. The van der Waals surface area contributed by atoms with Gasteiger partial charge in [0.05, 0.1) is 28.8 Å². The normalized spacial score (nSPS) is 12.4. The summed E-state index contributed by atoms with van der Waals surface area (Å²) in [6, 6.07) is 7.52. The van der Waals surface area contributed by atoms with Crippen molar-refractivity contribution in [2.75, 3.05) is 11.5 Å². The molecule has 0 fully saturated rings. The molecule has 4 nitrogen and oxygen atoms in total. The summed E-state index contributed by atoms with van der Waals surface area (Å²) < 4.78 is 57.8. The summed E-state index contributed by atoms with van der Waals surface area (Å²) in [5.41, 5.74) is 0. The third-order valence-corrected chi connectivity index (χ3v) is 15.5. The monoisotopic (exact) mass is 756 g/mol. The largest absolute Gasteiger partial charge is 0.224 e. The van der Waals surface area contributed by atoms with E-state index in [1.165, 1.54) is 34.0 Å². The Morgan fingerprint density at radius 2 is 0.897 bits per heavy atom. The van der Waals surface area contributed by atoms with E-state index in [-0.39, 0.29) is 21.3 Å². The van der Waals surface area contributed by atoms with Crippen molar-refractivity contribution in [3.8, 4) is 19.5 Å². The summed E-state index contributed by atoms with van der Waals surface area (Å²) >= 11 is 11.2. The molecule has 0 saturated heterocycles. The summed E-state index contributed by atoms with van der Waals surface area (Å²) in [5, 5.41) is 0. The van der Waals surface area contributed by atoms with Crippen molar-refractivity contribution in [1.82, 2.24) is 0 Å². The zero-order valence-corrected chi connectivity index (χ0v) is 29.9. The molecular formula is C28H38Br2O4S5. The molecule has 39 heavy (non-hydrogen) atoms. The number of rotatable bonds is 18. The minimum Gasteiger partial charge on any atom is -0.224 e. The van der Waals surface area contributed by atoms with Crippen LogP contribution in [0, 0.1) is 0 Å². The molecule has 3 aromatic rings. The van der Waals surface area contributed by atoms with Gasteiger partial charge in [-0.15, -0.1) is 34.0 Å². The van der Waals surface area contributed by atoms with E-state index in [2.05, 4.69) is 45.7 Å². The van der Waals surface area contributed by atoms with E-state index in [0.717, 1.165) is 81.5 Å². The fourth-order valence-corrected chi connectivity index (χ4v) is 13.8. The molecule has 0 aromatic carbocycles. The summed E-state index contributed by atoms with van der Waals surface area (Å²) in [6.07, 6.45) is 11.5. The highest BCUT2D eigenvalue weighted by atomic mass is 79.9. The molecule has 0 aliphatic carbocycles. The molecule has 0 amide bonds. The molecule has 3 aromatic heterocycles. The number of thiophene rings is 3. The van der Waals surface area contributed by atoms with Gasteiger partial charge in [0.25, 0.3) is 0 Å². The van der Waals surface area contributed by atoms with Gasteiger partial charge in [-0.3, -0.25) is 0 Å². The molecule has 3 rings (SSSR count). The van der Waals surface area contributed by atoms with Crippen LogP contribution in [0.2, 0.25) is 0 Å². The number of unbranched alkanes of at least 4 members (excludes halogenated alkanes) is 10. The first kappa shape index (κ1) is 33.5. The predicted molar refractivity (Wildman–Crippen MR) is 177 cm³/mol. The van der Waals surface area contributed by atoms with Gasteiger partial charge in [-0.1, -0.05) is 78.1 Å². The van der Waals surface area contributed by atoms with Crippen LogP contribution in [0.1, 0.15) is 90.9 Å². The van der Waals surface area contributed by atoms with Gasteiger partial charge in [0.1, 0.15) is 9.79 Å². The molecule has 0 atom stereocenters. The number of hydrogen-bond acceptors (Lipinski definition) is 7. The molecule has 0 aliphatic rings. The summed E-state index contributed by atoms with van der Waals surface area (Å²) in [4.78, 5) is 2.65. The van der Waals surface area contributed by atoms with Crippen LogP contribution in [0.25, 0.3) is 19.5 Å².